The Hall–Kier alpha value is -2.12. The van der Waals surface area contributed by atoms with Gasteiger partial charge in [-0.2, -0.15) is 0 Å². The number of carboxylic acid groups (broad SMARTS) is 1. The van der Waals surface area contributed by atoms with Gasteiger partial charge in [0.25, 0.3) is 0 Å². The fourth-order valence-corrected chi connectivity index (χ4v) is 1.97. The maximum atomic E-state index is 13.5. The van der Waals surface area contributed by atoms with Crippen molar-refractivity contribution in [2.24, 2.45) is 0 Å². The Morgan fingerprint density at radius 2 is 2.20 bits per heavy atom. The number of carboxylic acids is 1. The first kappa shape index (κ1) is 14.3. The van der Waals surface area contributed by atoms with Gasteiger partial charge in [-0.1, -0.05) is 12.2 Å². The third kappa shape index (κ3) is 3.25. The van der Waals surface area contributed by atoms with Gasteiger partial charge in [0, 0.05) is 18.4 Å². The number of H-pyrrole nitrogens is 1. The highest BCUT2D eigenvalue weighted by atomic mass is 32.1. The maximum absolute atomic E-state index is 13.5. The van der Waals surface area contributed by atoms with Gasteiger partial charge >= 0.3 is 5.97 Å². The lowest BCUT2D eigenvalue weighted by molar-refractivity contribution is 0.0696. The molecule has 0 bridgehead atoms. The molecule has 0 saturated heterocycles. The SMILES string of the molecule is COCc1nc(=S)cc(-c2cc(F)cc(C(=O)O)c2)[nH]1. The van der Waals surface area contributed by atoms with Crippen LogP contribution in [0.3, 0.4) is 0 Å². The fraction of sp³-hybridized carbons (Fsp3) is 0.154. The summed E-state index contributed by atoms with van der Waals surface area (Å²) in [7, 11) is 1.51. The molecule has 0 radical (unpaired) electrons. The summed E-state index contributed by atoms with van der Waals surface area (Å²) in [5.74, 6) is -1.35. The number of carbonyl (C=O) groups is 1. The highest BCUT2D eigenvalue weighted by Crippen LogP contribution is 2.20. The van der Waals surface area contributed by atoms with Crippen LogP contribution in [-0.4, -0.2) is 28.2 Å². The van der Waals surface area contributed by atoms with E-state index in [4.69, 9.17) is 22.1 Å². The van der Waals surface area contributed by atoms with Crippen LogP contribution < -0.4 is 0 Å². The number of halogens is 1. The van der Waals surface area contributed by atoms with Crippen LogP contribution in [0.25, 0.3) is 11.3 Å². The Morgan fingerprint density at radius 3 is 2.85 bits per heavy atom. The molecule has 0 aliphatic heterocycles. The molecule has 1 heterocycles. The molecule has 0 aliphatic rings. The van der Waals surface area contributed by atoms with Gasteiger partial charge in [0.05, 0.1) is 5.56 Å². The average molecular weight is 294 g/mol. The van der Waals surface area contributed by atoms with E-state index in [1.807, 2.05) is 0 Å². The molecule has 2 aromatic rings. The second-order valence-corrected chi connectivity index (χ2v) is 4.46. The van der Waals surface area contributed by atoms with Crippen LogP contribution in [0.15, 0.2) is 24.3 Å². The first-order valence-electron chi connectivity index (χ1n) is 5.63. The van der Waals surface area contributed by atoms with E-state index >= 15 is 0 Å². The predicted octanol–water partition coefficient (Wildman–Crippen LogP) is 2.79. The van der Waals surface area contributed by atoms with E-state index in [9.17, 15) is 9.18 Å². The molecule has 0 amide bonds. The maximum Gasteiger partial charge on any atom is 0.335 e. The van der Waals surface area contributed by atoms with Crippen molar-refractivity contribution in [2.45, 2.75) is 6.61 Å². The van der Waals surface area contributed by atoms with Crippen LogP contribution in [0.1, 0.15) is 16.2 Å². The van der Waals surface area contributed by atoms with E-state index in [2.05, 4.69) is 9.97 Å². The zero-order valence-electron chi connectivity index (χ0n) is 10.5. The summed E-state index contributed by atoms with van der Waals surface area (Å²) in [5, 5.41) is 8.94. The number of aromatic nitrogens is 2. The van der Waals surface area contributed by atoms with Crippen molar-refractivity contribution in [3.05, 3.63) is 46.1 Å². The van der Waals surface area contributed by atoms with E-state index in [0.29, 0.717) is 21.7 Å². The third-order valence-electron chi connectivity index (χ3n) is 2.53. The number of nitrogens with one attached hydrogen (secondary N) is 1. The number of hydrogen-bond donors (Lipinski definition) is 2. The molecule has 0 atom stereocenters. The second kappa shape index (κ2) is 5.89. The number of aromatic amines is 1. The van der Waals surface area contributed by atoms with Gasteiger partial charge in [0.1, 0.15) is 22.9 Å². The third-order valence-corrected chi connectivity index (χ3v) is 2.74. The van der Waals surface area contributed by atoms with Crippen molar-refractivity contribution in [3.8, 4) is 11.3 Å². The van der Waals surface area contributed by atoms with Crippen LogP contribution in [0.4, 0.5) is 4.39 Å². The molecule has 0 fully saturated rings. The Balaban J connectivity index is 2.56. The van der Waals surface area contributed by atoms with Crippen LogP contribution in [0.2, 0.25) is 0 Å². The average Bonchev–Trinajstić information content (AvgIpc) is 2.37. The summed E-state index contributed by atoms with van der Waals surface area (Å²) < 4.78 is 18.7. The Morgan fingerprint density at radius 1 is 1.45 bits per heavy atom. The first-order chi connectivity index (χ1) is 9.49. The largest absolute Gasteiger partial charge is 0.478 e. The zero-order chi connectivity index (χ0) is 14.7. The molecule has 7 heteroatoms. The van der Waals surface area contributed by atoms with Crippen molar-refractivity contribution in [1.82, 2.24) is 9.97 Å². The highest BCUT2D eigenvalue weighted by molar-refractivity contribution is 7.71. The smallest absolute Gasteiger partial charge is 0.335 e. The molecule has 0 spiro atoms. The molecule has 2 rings (SSSR count). The summed E-state index contributed by atoms with van der Waals surface area (Å²) >= 11 is 5.02. The lowest BCUT2D eigenvalue weighted by Gasteiger charge is -2.07. The summed E-state index contributed by atoms with van der Waals surface area (Å²) in [5.41, 5.74) is 0.733. The van der Waals surface area contributed by atoms with Gasteiger partial charge in [0.15, 0.2) is 0 Å². The molecule has 0 unspecified atom stereocenters. The predicted molar refractivity (Wildman–Crippen MR) is 72.5 cm³/mol. The van der Waals surface area contributed by atoms with Crippen LogP contribution >= 0.6 is 12.2 Å². The monoisotopic (exact) mass is 294 g/mol. The summed E-state index contributed by atoms with van der Waals surface area (Å²) in [6.07, 6.45) is 0. The summed E-state index contributed by atoms with van der Waals surface area (Å²) in [6, 6.07) is 5.08. The number of nitrogens with zero attached hydrogens (tertiary/aromatic N) is 1. The molecule has 5 nitrogen and oxygen atoms in total. The van der Waals surface area contributed by atoms with Crippen LogP contribution in [0, 0.1) is 10.5 Å². The Kier molecular flexibility index (Phi) is 4.21. The lowest BCUT2D eigenvalue weighted by Crippen LogP contribution is -2.01. The van der Waals surface area contributed by atoms with Gasteiger partial charge < -0.3 is 14.8 Å². The van der Waals surface area contributed by atoms with Crippen LogP contribution in [-0.2, 0) is 11.3 Å². The van der Waals surface area contributed by atoms with E-state index in [1.165, 1.54) is 25.3 Å². The molecule has 1 aromatic carbocycles. The molecule has 20 heavy (non-hydrogen) atoms. The minimum atomic E-state index is -1.20. The standard InChI is InChI=1S/C13H11FN2O3S/c1-19-6-11-15-10(5-12(20)16-11)7-2-8(13(17)18)4-9(14)3-7/h2-5H,6H2,1H3,(H,17,18)(H,15,16,20). The number of methoxy groups -OCH3 is 1. The van der Waals surface area contributed by atoms with Gasteiger partial charge in [-0.05, 0) is 24.3 Å². The first-order valence-corrected chi connectivity index (χ1v) is 6.04. The van der Waals surface area contributed by atoms with Gasteiger partial charge in [-0.3, -0.25) is 0 Å². The number of benzene rings is 1. The highest BCUT2D eigenvalue weighted by Gasteiger charge is 2.10. The molecule has 0 aliphatic carbocycles. The summed E-state index contributed by atoms with van der Waals surface area (Å²) in [6.45, 7) is 0.221. The minimum Gasteiger partial charge on any atom is -0.478 e. The van der Waals surface area contributed by atoms with Crippen molar-refractivity contribution in [1.29, 1.82) is 0 Å². The van der Waals surface area contributed by atoms with Gasteiger partial charge in [0.2, 0.25) is 0 Å². The van der Waals surface area contributed by atoms with Gasteiger partial charge in [-0.25, -0.2) is 14.2 Å². The number of ether oxygens (including phenoxy) is 1. The Bertz CT molecular complexity index is 715. The fourth-order valence-electron chi connectivity index (χ4n) is 1.74. The normalized spacial score (nSPS) is 10.5. The van der Waals surface area contributed by atoms with E-state index in [0.717, 1.165) is 6.07 Å². The van der Waals surface area contributed by atoms with Crippen molar-refractivity contribution >= 4 is 18.2 Å². The van der Waals surface area contributed by atoms with E-state index in [-0.39, 0.29) is 12.2 Å². The van der Waals surface area contributed by atoms with Crippen molar-refractivity contribution < 1.29 is 19.0 Å². The minimum absolute atomic E-state index is 0.135. The topological polar surface area (TPSA) is 75.2 Å². The number of aromatic carboxylic acids is 1. The summed E-state index contributed by atoms with van der Waals surface area (Å²) in [4.78, 5) is 17.9. The molecule has 104 valence electrons. The number of hydrogen-bond acceptors (Lipinski definition) is 4. The second-order valence-electron chi connectivity index (χ2n) is 4.05. The molecular weight excluding hydrogens is 283 g/mol. The van der Waals surface area contributed by atoms with Crippen molar-refractivity contribution in [2.75, 3.05) is 7.11 Å². The lowest BCUT2D eigenvalue weighted by atomic mass is 10.1. The molecule has 2 N–H and O–H groups in total. The van der Waals surface area contributed by atoms with E-state index in [1.54, 1.807) is 0 Å². The Labute approximate surface area is 119 Å². The zero-order valence-corrected chi connectivity index (χ0v) is 11.3. The number of rotatable bonds is 4. The quantitative estimate of drug-likeness (QED) is 0.848. The van der Waals surface area contributed by atoms with E-state index < -0.39 is 11.8 Å². The molecule has 1 aromatic heterocycles. The molecular formula is C13H11FN2O3S. The van der Waals surface area contributed by atoms with Crippen LogP contribution in [0.5, 0.6) is 0 Å². The van der Waals surface area contributed by atoms with Gasteiger partial charge in [-0.15, -0.1) is 0 Å². The van der Waals surface area contributed by atoms with Crippen molar-refractivity contribution in [3.63, 3.8) is 0 Å². The molecule has 0 saturated carbocycles.